The summed E-state index contributed by atoms with van der Waals surface area (Å²) in [5.74, 6) is 0.740. The highest BCUT2D eigenvalue weighted by Gasteiger charge is 2.30. The average Bonchev–Trinajstić information content (AvgIpc) is 2.89. The first-order chi connectivity index (χ1) is 19.1. The molecule has 0 atom stereocenters. The minimum absolute atomic E-state index is 0.0116. The fourth-order valence-electron chi connectivity index (χ4n) is 4.38. The van der Waals surface area contributed by atoms with E-state index in [0.717, 1.165) is 9.87 Å². The van der Waals surface area contributed by atoms with Crippen molar-refractivity contribution in [3.63, 3.8) is 0 Å². The third kappa shape index (κ3) is 7.57. The van der Waals surface area contributed by atoms with Gasteiger partial charge in [-0.25, -0.2) is 13.8 Å². The maximum Gasteiger partial charge on any atom is 0.255 e. The molecule has 0 aliphatic carbocycles. The third-order valence-corrected chi connectivity index (χ3v) is 8.38. The number of sulfonamides is 1. The summed E-state index contributed by atoms with van der Waals surface area (Å²) in [6.07, 6.45) is 1.47. The molecule has 1 amide bonds. The molecule has 0 fully saturated rings. The van der Waals surface area contributed by atoms with E-state index < -0.39 is 22.5 Å². The molecule has 4 rings (SSSR count). The van der Waals surface area contributed by atoms with Gasteiger partial charge < -0.3 is 4.74 Å². The predicted octanol–water partition coefficient (Wildman–Crippen LogP) is 6.40. The summed E-state index contributed by atoms with van der Waals surface area (Å²) in [4.78, 5) is 13.1. The zero-order chi connectivity index (χ0) is 28.7. The molecule has 0 unspecified atom stereocenters. The second kappa shape index (κ2) is 12.9. The Bertz CT molecular complexity index is 1600. The molecule has 4 aromatic rings. The van der Waals surface area contributed by atoms with E-state index in [1.54, 1.807) is 44.2 Å². The fourth-order valence-corrected chi connectivity index (χ4v) is 6.30. The van der Waals surface area contributed by atoms with Gasteiger partial charge in [-0.3, -0.25) is 4.79 Å². The van der Waals surface area contributed by atoms with Crippen LogP contribution in [0.5, 0.6) is 11.5 Å². The molecule has 4 aromatic carbocycles. The Hall–Kier alpha value is -3.98. The Morgan fingerprint density at radius 2 is 1.55 bits per heavy atom. The summed E-state index contributed by atoms with van der Waals surface area (Å²) in [6.45, 7) is 4.99. The molecule has 7 nitrogen and oxygen atoms in total. The molecule has 0 radical (unpaired) electrons. The molecule has 1 N–H and O–H groups in total. The monoisotopic (exact) mass is 575 g/mol. The molecule has 40 heavy (non-hydrogen) atoms. The van der Waals surface area contributed by atoms with E-state index in [0.29, 0.717) is 38.8 Å². The number of nitrogens with one attached hydrogen (secondary N) is 1. The maximum absolute atomic E-state index is 13.8. The van der Waals surface area contributed by atoms with Gasteiger partial charge in [-0.15, -0.1) is 0 Å². The van der Waals surface area contributed by atoms with Crippen LogP contribution in [0.2, 0.25) is 5.02 Å². The number of benzene rings is 4. The Labute approximate surface area is 240 Å². The minimum atomic E-state index is -4.02. The van der Waals surface area contributed by atoms with Gasteiger partial charge in [0.1, 0.15) is 11.5 Å². The van der Waals surface area contributed by atoms with Crippen molar-refractivity contribution in [3.8, 4) is 11.5 Å². The Balaban J connectivity index is 1.51. The molecule has 0 aliphatic rings. The second-order valence-corrected chi connectivity index (χ2v) is 11.7. The van der Waals surface area contributed by atoms with Gasteiger partial charge in [-0.1, -0.05) is 71.8 Å². The van der Waals surface area contributed by atoms with Crippen LogP contribution < -0.4 is 10.2 Å². The number of rotatable bonds is 10. The van der Waals surface area contributed by atoms with Crippen LogP contribution in [0.1, 0.15) is 27.8 Å². The number of amides is 1. The van der Waals surface area contributed by atoms with E-state index in [9.17, 15) is 13.2 Å². The number of hydrogen-bond donors (Lipinski definition) is 1. The molecule has 9 heteroatoms. The first kappa shape index (κ1) is 29.0. The topological polar surface area (TPSA) is 88.1 Å². The lowest BCUT2D eigenvalue weighted by Crippen LogP contribution is -2.39. The maximum atomic E-state index is 13.8. The molecule has 0 aliphatic heterocycles. The summed E-state index contributed by atoms with van der Waals surface area (Å²) in [7, 11) is -4.02. The van der Waals surface area contributed by atoms with Gasteiger partial charge in [0.15, 0.2) is 0 Å². The van der Waals surface area contributed by atoms with E-state index in [1.807, 2.05) is 67.6 Å². The highest BCUT2D eigenvalue weighted by Crippen LogP contribution is 2.27. The average molecular weight is 576 g/mol. The van der Waals surface area contributed by atoms with Gasteiger partial charge in [0, 0.05) is 11.6 Å². The zero-order valence-electron chi connectivity index (χ0n) is 22.5. The van der Waals surface area contributed by atoms with Gasteiger partial charge >= 0.3 is 0 Å². The van der Waals surface area contributed by atoms with Crippen LogP contribution in [-0.2, 0) is 21.4 Å². The summed E-state index contributed by atoms with van der Waals surface area (Å²) in [5, 5.41) is 4.58. The van der Waals surface area contributed by atoms with E-state index in [1.165, 1.54) is 6.21 Å². The highest BCUT2D eigenvalue weighted by molar-refractivity contribution is 7.89. The van der Waals surface area contributed by atoms with Crippen LogP contribution in [-0.4, -0.2) is 31.4 Å². The van der Waals surface area contributed by atoms with Crippen molar-refractivity contribution in [2.45, 2.75) is 32.2 Å². The van der Waals surface area contributed by atoms with Gasteiger partial charge in [-0.2, -0.15) is 9.41 Å². The van der Waals surface area contributed by atoms with Crippen LogP contribution in [0, 0.1) is 20.8 Å². The highest BCUT2D eigenvalue weighted by atomic mass is 35.5. The predicted molar refractivity (Wildman–Crippen MR) is 158 cm³/mol. The van der Waals surface area contributed by atoms with Crippen molar-refractivity contribution in [3.05, 3.63) is 124 Å². The number of hydrazone groups is 1. The van der Waals surface area contributed by atoms with Crippen LogP contribution >= 0.6 is 11.6 Å². The molecular formula is C31H30ClN3O4S. The number of para-hydroxylation sites is 1. The first-order valence-electron chi connectivity index (χ1n) is 12.6. The van der Waals surface area contributed by atoms with E-state index in [-0.39, 0.29) is 11.4 Å². The molecular weight excluding hydrogens is 546 g/mol. The molecule has 0 spiro atoms. The molecule has 0 saturated heterocycles. The second-order valence-electron chi connectivity index (χ2n) is 9.41. The molecule has 0 aromatic heterocycles. The van der Waals surface area contributed by atoms with Crippen molar-refractivity contribution in [2.24, 2.45) is 5.10 Å². The van der Waals surface area contributed by atoms with Crippen LogP contribution in [0.3, 0.4) is 0 Å². The quantitative estimate of drug-likeness (QED) is 0.175. The van der Waals surface area contributed by atoms with Crippen molar-refractivity contribution in [1.82, 2.24) is 9.73 Å². The standard InChI is InChI=1S/C31H30ClN3O4S/c1-22-16-23(2)31(24(3)17-22)40(37,38)35(20-25-12-14-27(32)15-13-25)21-30(36)34-33-19-26-8-7-11-29(18-26)39-28-9-5-4-6-10-28/h4-19H,20-21H2,1-3H3,(H,34,36)/b33-19+. The normalized spacial score (nSPS) is 11.6. The molecule has 0 bridgehead atoms. The minimum Gasteiger partial charge on any atom is -0.457 e. The van der Waals surface area contributed by atoms with Crippen molar-refractivity contribution in [1.29, 1.82) is 0 Å². The van der Waals surface area contributed by atoms with Crippen LogP contribution in [0.15, 0.2) is 101 Å². The fraction of sp³-hybridized carbons (Fsp3) is 0.161. The number of nitrogens with zero attached hydrogens (tertiary/aromatic N) is 2. The third-order valence-electron chi connectivity index (χ3n) is 6.03. The van der Waals surface area contributed by atoms with Gasteiger partial charge in [0.2, 0.25) is 10.0 Å². The SMILES string of the molecule is Cc1cc(C)c(S(=O)(=O)N(CC(=O)N/N=C/c2cccc(Oc3ccccc3)c2)Cc2ccc(Cl)cc2)c(C)c1. The largest absolute Gasteiger partial charge is 0.457 e. The van der Waals surface area contributed by atoms with E-state index >= 15 is 0 Å². The van der Waals surface area contributed by atoms with Gasteiger partial charge in [0.25, 0.3) is 5.91 Å². The number of ether oxygens (including phenoxy) is 1. The summed E-state index contributed by atoms with van der Waals surface area (Å²) in [5.41, 5.74) is 6.05. The Morgan fingerprint density at radius 3 is 2.23 bits per heavy atom. The molecule has 0 saturated carbocycles. The van der Waals surface area contributed by atoms with Crippen LogP contribution in [0.25, 0.3) is 0 Å². The summed E-state index contributed by atoms with van der Waals surface area (Å²) < 4.78 is 34.7. The Morgan fingerprint density at radius 1 is 0.900 bits per heavy atom. The number of carbonyl (C=O) groups excluding carboxylic acids is 1. The molecule has 0 heterocycles. The lowest BCUT2D eigenvalue weighted by molar-refractivity contribution is -0.121. The molecule has 206 valence electrons. The van der Waals surface area contributed by atoms with Gasteiger partial charge in [-0.05, 0) is 79.4 Å². The first-order valence-corrected chi connectivity index (χ1v) is 14.4. The Kier molecular flexibility index (Phi) is 9.37. The number of carbonyl (C=O) groups is 1. The summed E-state index contributed by atoms with van der Waals surface area (Å²) >= 11 is 6.01. The van der Waals surface area contributed by atoms with Crippen molar-refractivity contribution >= 4 is 33.7 Å². The van der Waals surface area contributed by atoms with Gasteiger partial charge in [0.05, 0.1) is 17.7 Å². The number of hydrogen-bond acceptors (Lipinski definition) is 5. The van der Waals surface area contributed by atoms with E-state index in [4.69, 9.17) is 16.3 Å². The lowest BCUT2D eigenvalue weighted by atomic mass is 10.1. The lowest BCUT2D eigenvalue weighted by Gasteiger charge is -2.24. The van der Waals surface area contributed by atoms with Crippen molar-refractivity contribution < 1.29 is 17.9 Å². The van der Waals surface area contributed by atoms with E-state index in [2.05, 4.69) is 10.5 Å². The zero-order valence-corrected chi connectivity index (χ0v) is 24.0. The number of aryl methyl sites for hydroxylation is 3. The van der Waals surface area contributed by atoms with Crippen molar-refractivity contribution in [2.75, 3.05) is 6.54 Å². The van der Waals surface area contributed by atoms with Crippen LogP contribution in [0.4, 0.5) is 0 Å². The summed E-state index contributed by atoms with van der Waals surface area (Å²) in [6, 6.07) is 27.1. The smallest absolute Gasteiger partial charge is 0.255 e. The number of halogens is 1.